The number of imidazole rings is 1. The first-order chi connectivity index (χ1) is 17.5. The van der Waals surface area contributed by atoms with Crippen LogP contribution in [0.3, 0.4) is 0 Å². The molecule has 0 bridgehead atoms. The average molecular weight is 498 g/mol. The number of benzene rings is 2. The van der Waals surface area contributed by atoms with Gasteiger partial charge in [-0.15, -0.1) is 5.10 Å². The van der Waals surface area contributed by atoms with Crippen molar-refractivity contribution in [1.82, 2.24) is 29.1 Å². The molecule has 1 amide bonds. The number of rotatable bonds is 5. The molecule has 36 heavy (non-hydrogen) atoms. The molecule has 9 heteroatoms. The predicted molar refractivity (Wildman–Crippen MR) is 142 cm³/mol. The molecule has 0 unspecified atom stereocenters. The van der Waals surface area contributed by atoms with E-state index in [9.17, 15) is 4.79 Å². The van der Waals surface area contributed by atoms with Gasteiger partial charge < -0.3 is 9.88 Å². The minimum atomic E-state index is -0.137. The fourth-order valence-electron chi connectivity index (χ4n) is 4.85. The summed E-state index contributed by atoms with van der Waals surface area (Å²) in [7, 11) is 0. The van der Waals surface area contributed by atoms with E-state index in [4.69, 9.17) is 4.98 Å². The summed E-state index contributed by atoms with van der Waals surface area (Å²) < 4.78 is 4.08. The smallest absolute Gasteiger partial charge is 0.255 e. The maximum Gasteiger partial charge on any atom is 0.255 e. The number of hydrogen-bond donors (Lipinski definition) is 1. The van der Waals surface area contributed by atoms with E-state index in [2.05, 4.69) is 31.0 Å². The van der Waals surface area contributed by atoms with Gasteiger partial charge >= 0.3 is 0 Å². The molecule has 182 valence electrons. The highest BCUT2D eigenvalue weighted by Gasteiger charge is 2.16. The summed E-state index contributed by atoms with van der Waals surface area (Å²) in [5, 5.41) is 8.28. The monoisotopic (exact) mass is 497 g/mol. The predicted octanol–water partition coefficient (Wildman–Crippen LogP) is 5.36. The van der Waals surface area contributed by atoms with Gasteiger partial charge in [0.25, 0.3) is 11.7 Å². The molecular formula is C27H27N7OS. The Morgan fingerprint density at radius 3 is 2.83 bits per heavy atom. The van der Waals surface area contributed by atoms with Crippen LogP contribution in [0.2, 0.25) is 0 Å². The molecule has 6 rings (SSSR count). The van der Waals surface area contributed by atoms with Crippen LogP contribution < -0.4 is 5.32 Å². The zero-order valence-electron chi connectivity index (χ0n) is 20.4. The second-order valence-corrected chi connectivity index (χ2v) is 10.2. The van der Waals surface area contributed by atoms with E-state index >= 15 is 0 Å². The number of hydrogen-bond acceptors (Lipinski definition) is 6. The van der Waals surface area contributed by atoms with Crippen molar-refractivity contribution in [2.75, 3.05) is 5.32 Å². The van der Waals surface area contributed by atoms with Crippen LogP contribution in [-0.4, -0.2) is 35.0 Å². The number of fused-ring (bicyclic) bond motifs is 4. The number of anilines is 1. The highest BCUT2D eigenvalue weighted by atomic mass is 32.2. The van der Waals surface area contributed by atoms with Crippen LogP contribution >= 0.6 is 11.8 Å². The molecule has 0 fully saturated rings. The highest BCUT2D eigenvalue weighted by Crippen LogP contribution is 2.26. The molecule has 0 saturated heterocycles. The number of aryl methyl sites for hydroxylation is 4. The molecule has 0 saturated carbocycles. The Bertz CT molecular complexity index is 1600. The van der Waals surface area contributed by atoms with E-state index < -0.39 is 0 Å². The Kier molecular flexibility index (Phi) is 5.92. The van der Waals surface area contributed by atoms with Crippen LogP contribution in [0, 0.1) is 13.8 Å². The lowest BCUT2D eigenvalue weighted by molar-refractivity contribution is 0.102. The van der Waals surface area contributed by atoms with Crippen LogP contribution in [0.15, 0.2) is 53.7 Å². The molecular weight excluding hydrogens is 470 g/mol. The topological polar surface area (TPSA) is 90.0 Å². The summed E-state index contributed by atoms with van der Waals surface area (Å²) >= 11 is 1.49. The summed E-state index contributed by atoms with van der Waals surface area (Å²) in [5.74, 6) is 2.18. The Balaban J connectivity index is 1.20. The second kappa shape index (κ2) is 9.39. The van der Waals surface area contributed by atoms with Gasteiger partial charge in [0.1, 0.15) is 5.82 Å². The molecule has 0 spiro atoms. The normalized spacial score (nSPS) is 13.6. The van der Waals surface area contributed by atoms with E-state index in [1.165, 1.54) is 31.0 Å². The van der Waals surface area contributed by atoms with Crippen molar-refractivity contribution in [2.45, 2.75) is 57.0 Å². The van der Waals surface area contributed by atoms with Gasteiger partial charge in [-0.25, -0.2) is 14.5 Å². The van der Waals surface area contributed by atoms with Gasteiger partial charge in [0, 0.05) is 41.4 Å². The Morgan fingerprint density at radius 1 is 1.03 bits per heavy atom. The molecule has 3 aromatic heterocycles. The Morgan fingerprint density at radius 2 is 1.92 bits per heavy atom. The van der Waals surface area contributed by atoms with Crippen molar-refractivity contribution in [1.29, 1.82) is 0 Å². The van der Waals surface area contributed by atoms with Crippen molar-refractivity contribution in [3.63, 3.8) is 0 Å². The van der Waals surface area contributed by atoms with Crippen LogP contribution in [-0.2, 0) is 18.7 Å². The Labute approximate surface area is 213 Å². The van der Waals surface area contributed by atoms with Crippen molar-refractivity contribution in [3.05, 3.63) is 76.9 Å². The van der Waals surface area contributed by atoms with Crippen molar-refractivity contribution in [3.8, 4) is 0 Å². The lowest BCUT2D eigenvalue weighted by Gasteiger charge is -2.10. The fraction of sp³-hybridized carbons (Fsp3) is 0.296. The molecule has 1 aliphatic rings. The number of carbonyl (C=O) groups excluding carboxylic acids is 1. The van der Waals surface area contributed by atoms with Crippen LogP contribution in [0.25, 0.3) is 16.8 Å². The van der Waals surface area contributed by atoms with E-state index in [1.54, 1.807) is 4.52 Å². The average Bonchev–Trinajstić information content (AvgIpc) is 3.35. The summed E-state index contributed by atoms with van der Waals surface area (Å²) in [6.07, 6.45) is 4.63. The molecule has 4 heterocycles. The van der Waals surface area contributed by atoms with Gasteiger partial charge in [-0.1, -0.05) is 36.4 Å². The number of nitrogens with zero attached hydrogens (tertiary/aromatic N) is 6. The zero-order chi connectivity index (χ0) is 24.6. The summed E-state index contributed by atoms with van der Waals surface area (Å²) in [6.45, 7) is 4.95. The van der Waals surface area contributed by atoms with Gasteiger partial charge in [-0.05, 0) is 62.6 Å². The minimum absolute atomic E-state index is 0.137. The number of thioether (sulfide) groups is 1. The summed E-state index contributed by atoms with van der Waals surface area (Å²) in [6, 6.07) is 15.7. The van der Waals surface area contributed by atoms with Crippen molar-refractivity contribution in [2.24, 2.45) is 0 Å². The van der Waals surface area contributed by atoms with Crippen LogP contribution in [0.4, 0.5) is 5.69 Å². The SMILES string of the molecule is Cc1cc(C)n2nc(SCc3ccccc3C(=O)Nc3ccc4c(c3)nc3n4CCCCC3)nc2n1. The molecule has 0 radical (unpaired) electrons. The Hall–Kier alpha value is -3.72. The number of amides is 1. The standard InChI is InChI=1S/C27H27N7OS/c1-17-14-18(2)34-26(28-17)31-27(32-34)36-16-19-8-5-6-9-21(19)25(35)29-20-11-12-23-22(15-20)30-24-10-4-3-7-13-33(23)24/h5-6,8-9,11-12,14-15H,3-4,7,10,13,16H2,1-2H3,(H,29,35). The molecule has 2 aromatic carbocycles. The number of nitrogens with one attached hydrogen (secondary N) is 1. The van der Waals surface area contributed by atoms with E-state index in [1.807, 2.05) is 56.3 Å². The van der Waals surface area contributed by atoms with E-state index in [0.717, 1.165) is 52.5 Å². The largest absolute Gasteiger partial charge is 0.328 e. The molecule has 8 nitrogen and oxygen atoms in total. The summed E-state index contributed by atoms with van der Waals surface area (Å²) in [5.41, 5.74) is 6.29. The van der Waals surface area contributed by atoms with Crippen LogP contribution in [0.5, 0.6) is 0 Å². The molecule has 1 aliphatic heterocycles. The molecule has 1 N–H and O–H groups in total. The lowest BCUT2D eigenvalue weighted by atomic mass is 10.1. The van der Waals surface area contributed by atoms with E-state index in [0.29, 0.717) is 22.3 Å². The van der Waals surface area contributed by atoms with Gasteiger partial charge in [0.15, 0.2) is 0 Å². The minimum Gasteiger partial charge on any atom is -0.328 e. The van der Waals surface area contributed by atoms with Gasteiger partial charge in [0.2, 0.25) is 5.16 Å². The third-order valence-corrected chi connectivity index (χ3v) is 7.47. The summed E-state index contributed by atoms with van der Waals surface area (Å²) in [4.78, 5) is 27.1. The van der Waals surface area contributed by atoms with E-state index in [-0.39, 0.29) is 5.91 Å². The van der Waals surface area contributed by atoms with Gasteiger partial charge in [0.05, 0.1) is 11.0 Å². The van der Waals surface area contributed by atoms with Crippen molar-refractivity contribution < 1.29 is 4.79 Å². The second-order valence-electron chi connectivity index (χ2n) is 9.24. The lowest BCUT2D eigenvalue weighted by Crippen LogP contribution is -2.14. The molecule has 0 atom stereocenters. The quantitative estimate of drug-likeness (QED) is 0.329. The third-order valence-electron chi connectivity index (χ3n) is 6.58. The van der Waals surface area contributed by atoms with Crippen molar-refractivity contribution >= 4 is 40.2 Å². The first-order valence-electron chi connectivity index (χ1n) is 12.3. The van der Waals surface area contributed by atoms with Gasteiger partial charge in [-0.3, -0.25) is 4.79 Å². The maximum atomic E-state index is 13.3. The number of carbonyl (C=O) groups is 1. The fourth-order valence-corrected chi connectivity index (χ4v) is 5.67. The highest BCUT2D eigenvalue weighted by molar-refractivity contribution is 7.98. The van der Waals surface area contributed by atoms with Gasteiger partial charge in [-0.2, -0.15) is 4.98 Å². The zero-order valence-corrected chi connectivity index (χ0v) is 21.2. The molecule has 0 aliphatic carbocycles. The first-order valence-corrected chi connectivity index (χ1v) is 13.3. The number of aromatic nitrogens is 6. The van der Waals surface area contributed by atoms with Crippen LogP contribution in [0.1, 0.15) is 52.4 Å². The third kappa shape index (κ3) is 4.35. The maximum absolute atomic E-state index is 13.3. The molecule has 5 aromatic rings. The first kappa shape index (κ1) is 22.7.